The first-order valence-corrected chi connectivity index (χ1v) is 10.7. The zero-order chi connectivity index (χ0) is 19.5. The zero-order valence-electron chi connectivity index (χ0n) is 15.2. The predicted octanol–water partition coefficient (Wildman–Crippen LogP) is 5.37. The van der Waals surface area contributed by atoms with Gasteiger partial charge in [-0.3, -0.25) is 9.36 Å². The Morgan fingerprint density at radius 2 is 1.82 bits per heavy atom. The SMILES string of the molecule is C[C@H](C#N)CSc1nc2sc(-c3ccccc3)cc2c(=O)n1-c1ccccc1. The lowest BCUT2D eigenvalue weighted by Crippen LogP contribution is -2.21. The molecule has 2 aromatic heterocycles. The molecule has 0 N–H and O–H groups in total. The van der Waals surface area contributed by atoms with Crippen LogP contribution in [0.15, 0.2) is 76.7 Å². The maximum atomic E-state index is 13.4. The van der Waals surface area contributed by atoms with Gasteiger partial charge in [0.15, 0.2) is 5.16 Å². The van der Waals surface area contributed by atoms with E-state index >= 15 is 0 Å². The van der Waals surface area contributed by atoms with Crippen molar-refractivity contribution < 1.29 is 0 Å². The Bertz CT molecular complexity index is 1210. The van der Waals surface area contributed by atoms with Crippen LogP contribution in [0.5, 0.6) is 0 Å². The van der Waals surface area contributed by atoms with E-state index in [4.69, 9.17) is 10.2 Å². The van der Waals surface area contributed by atoms with Crippen molar-refractivity contribution in [1.82, 2.24) is 9.55 Å². The van der Waals surface area contributed by atoms with Gasteiger partial charge in [-0.15, -0.1) is 11.3 Å². The topological polar surface area (TPSA) is 58.7 Å². The van der Waals surface area contributed by atoms with Crippen LogP contribution in [0.1, 0.15) is 6.92 Å². The van der Waals surface area contributed by atoms with E-state index in [2.05, 4.69) is 6.07 Å². The Labute approximate surface area is 171 Å². The quantitative estimate of drug-likeness (QED) is 0.332. The minimum atomic E-state index is -0.120. The van der Waals surface area contributed by atoms with Crippen molar-refractivity contribution in [3.8, 4) is 22.2 Å². The third-order valence-electron chi connectivity index (χ3n) is 4.29. The summed E-state index contributed by atoms with van der Waals surface area (Å²) in [6.45, 7) is 1.87. The Morgan fingerprint density at radius 3 is 2.50 bits per heavy atom. The Kier molecular flexibility index (Phi) is 5.29. The van der Waals surface area contributed by atoms with Gasteiger partial charge < -0.3 is 0 Å². The molecule has 0 unspecified atom stereocenters. The molecule has 0 aliphatic heterocycles. The normalized spacial score (nSPS) is 12.0. The van der Waals surface area contributed by atoms with Crippen LogP contribution in [0.4, 0.5) is 0 Å². The van der Waals surface area contributed by atoms with Gasteiger partial charge in [0.05, 0.1) is 23.1 Å². The summed E-state index contributed by atoms with van der Waals surface area (Å²) in [4.78, 5) is 19.9. The first kappa shape index (κ1) is 18.5. The molecule has 0 amide bonds. The molecule has 4 nitrogen and oxygen atoms in total. The van der Waals surface area contributed by atoms with Crippen molar-refractivity contribution in [3.05, 3.63) is 77.1 Å². The summed E-state index contributed by atoms with van der Waals surface area (Å²) in [7, 11) is 0. The Balaban J connectivity index is 1.90. The molecule has 0 saturated carbocycles. The number of thioether (sulfide) groups is 1. The van der Waals surface area contributed by atoms with E-state index in [-0.39, 0.29) is 11.5 Å². The van der Waals surface area contributed by atoms with E-state index < -0.39 is 0 Å². The third-order valence-corrected chi connectivity index (χ3v) is 6.57. The Hall–Kier alpha value is -2.88. The molecular weight excluding hydrogens is 386 g/mol. The van der Waals surface area contributed by atoms with E-state index in [1.807, 2.05) is 73.7 Å². The lowest BCUT2D eigenvalue weighted by atomic mass is 10.2. The van der Waals surface area contributed by atoms with E-state index in [1.54, 1.807) is 4.57 Å². The van der Waals surface area contributed by atoms with Gasteiger partial charge in [0, 0.05) is 10.6 Å². The lowest BCUT2D eigenvalue weighted by Gasteiger charge is -2.12. The highest BCUT2D eigenvalue weighted by atomic mass is 32.2. The molecule has 28 heavy (non-hydrogen) atoms. The van der Waals surface area contributed by atoms with E-state index in [9.17, 15) is 4.79 Å². The van der Waals surface area contributed by atoms with Gasteiger partial charge in [0.1, 0.15) is 4.83 Å². The molecule has 0 bridgehead atoms. The second kappa shape index (κ2) is 8.01. The average molecular weight is 404 g/mol. The summed E-state index contributed by atoms with van der Waals surface area (Å²) in [6.07, 6.45) is 0. The van der Waals surface area contributed by atoms with Crippen molar-refractivity contribution in [2.45, 2.75) is 12.1 Å². The first-order valence-electron chi connectivity index (χ1n) is 8.87. The number of nitriles is 1. The smallest absolute Gasteiger partial charge is 0.267 e. The number of aromatic nitrogens is 2. The van der Waals surface area contributed by atoms with Gasteiger partial charge in [0.2, 0.25) is 0 Å². The Morgan fingerprint density at radius 1 is 1.14 bits per heavy atom. The van der Waals surface area contributed by atoms with Crippen LogP contribution in [-0.4, -0.2) is 15.3 Å². The molecule has 6 heteroatoms. The van der Waals surface area contributed by atoms with Crippen molar-refractivity contribution in [2.24, 2.45) is 5.92 Å². The van der Waals surface area contributed by atoms with Crippen LogP contribution in [0.2, 0.25) is 0 Å². The lowest BCUT2D eigenvalue weighted by molar-refractivity contribution is 0.810. The first-order chi connectivity index (χ1) is 13.7. The standard InChI is InChI=1S/C22H17N3OS2/c1-15(13-23)14-27-22-24-20-18(12-19(28-20)16-8-4-2-5-9-16)21(26)25(22)17-10-6-3-7-11-17/h2-12,15H,14H2,1H3/t15-/m1/s1. The fraction of sp³-hybridized carbons (Fsp3) is 0.136. The average Bonchev–Trinajstić information content (AvgIpc) is 3.18. The van der Waals surface area contributed by atoms with Crippen LogP contribution >= 0.6 is 23.1 Å². The number of hydrogen-bond donors (Lipinski definition) is 0. The fourth-order valence-corrected chi connectivity index (χ4v) is 4.88. The molecule has 2 aromatic carbocycles. The summed E-state index contributed by atoms with van der Waals surface area (Å²) in [6, 6.07) is 23.7. The predicted molar refractivity (Wildman–Crippen MR) is 116 cm³/mol. The molecule has 0 radical (unpaired) electrons. The molecular formula is C22H17N3OS2. The molecule has 4 rings (SSSR count). The summed E-state index contributed by atoms with van der Waals surface area (Å²) in [5.41, 5.74) is 1.77. The molecule has 138 valence electrons. The second-order valence-electron chi connectivity index (χ2n) is 6.41. The van der Waals surface area contributed by atoms with Crippen LogP contribution in [0.3, 0.4) is 0 Å². The zero-order valence-corrected chi connectivity index (χ0v) is 16.8. The van der Waals surface area contributed by atoms with Crippen LogP contribution in [-0.2, 0) is 0 Å². The number of para-hydroxylation sites is 1. The maximum absolute atomic E-state index is 13.4. The summed E-state index contributed by atoms with van der Waals surface area (Å²) >= 11 is 2.96. The highest BCUT2D eigenvalue weighted by Gasteiger charge is 2.17. The van der Waals surface area contributed by atoms with Crippen molar-refractivity contribution >= 4 is 33.3 Å². The van der Waals surface area contributed by atoms with Crippen molar-refractivity contribution in [3.63, 3.8) is 0 Å². The van der Waals surface area contributed by atoms with Crippen LogP contribution < -0.4 is 5.56 Å². The molecule has 0 aliphatic rings. The highest BCUT2D eigenvalue weighted by molar-refractivity contribution is 7.99. The van der Waals surface area contributed by atoms with Gasteiger partial charge in [-0.1, -0.05) is 60.3 Å². The highest BCUT2D eigenvalue weighted by Crippen LogP contribution is 2.33. The molecule has 0 fully saturated rings. The van der Waals surface area contributed by atoms with Gasteiger partial charge in [0.25, 0.3) is 5.56 Å². The molecule has 0 spiro atoms. The number of hydrogen-bond acceptors (Lipinski definition) is 5. The number of rotatable bonds is 5. The molecule has 1 atom stereocenters. The van der Waals surface area contributed by atoms with E-state index in [0.29, 0.717) is 16.3 Å². The fourth-order valence-electron chi connectivity index (χ4n) is 2.84. The summed E-state index contributed by atoms with van der Waals surface area (Å²) in [5.74, 6) is 0.461. The molecule has 2 heterocycles. The van der Waals surface area contributed by atoms with Crippen LogP contribution in [0, 0.1) is 17.2 Å². The minimum Gasteiger partial charge on any atom is -0.268 e. The van der Waals surface area contributed by atoms with Gasteiger partial charge >= 0.3 is 0 Å². The number of nitrogens with zero attached hydrogens (tertiary/aromatic N) is 3. The van der Waals surface area contributed by atoms with Gasteiger partial charge in [-0.05, 0) is 30.7 Å². The monoisotopic (exact) mass is 403 g/mol. The largest absolute Gasteiger partial charge is 0.268 e. The van der Waals surface area contributed by atoms with Gasteiger partial charge in [-0.2, -0.15) is 5.26 Å². The molecule has 4 aromatic rings. The molecule has 0 aliphatic carbocycles. The van der Waals surface area contributed by atoms with Gasteiger partial charge in [-0.25, -0.2) is 4.98 Å². The van der Waals surface area contributed by atoms with Crippen molar-refractivity contribution in [2.75, 3.05) is 5.75 Å². The minimum absolute atomic E-state index is 0.0817. The van der Waals surface area contributed by atoms with E-state index in [0.717, 1.165) is 21.0 Å². The molecule has 0 saturated heterocycles. The maximum Gasteiger partial charge on any atom is 0.267 e. The number of thiophene rings is 1. The van der Waals surface area contributed by atoms with Crippen molar-refractivity contribution in [1.29, 1.82) is 5.26 Å². The number of benzene rings is 2. The summed E-state index contributed by atoms with van der Waals surface area (Å²) < 4.78 is 1.65. The third kappa shape index (κ3) is 3.59. The summed E-state index contributed by atoms with van der Waals surface area (Å²) in [5, 5.41) is 10.3. The van der Waals surface area contributed by atoms with E-state index in [1.165, 1.54) is 23.1 Å². The van der Waals surface area contributed by atoms with Crippen LogP contribution in [0.25, 0.3) is 26.3 Å². The number of fused-ring (bicyclic) bond motifs is 1. The second-order valence-corrected chi connectivity index (χ2v) is 8.42.